The lowest BCUT2D eigenvalue weighted by atomic mass is 10.0. The van der Waals surface area contributed by atoms with Crippen molar-refractivity contribution in [2.24, 2.45) is 0 Å². The van der Waals surface area contributed by atoms with Crippen LogP contribution < -0.4 is 5.56 Å². The highest BCUT2D eigenvalue weighted by molar-refractivity contribution is 6.30. The number of unbranched alkanes of at least 4 members (excludes halogenated alkanes) is 4. The Labute approximate surface area is 188 Å². The molecule has 0 saturated carbocycles. The quantitative estimate of drug-likeness (QED) is 0.270. The van der Waals surface area contributed by atoms with E-state index < -0.39 is 0 Å². The predicted molar refractivity (Wildman–Crippen MR) is 130 cm³/mol. The Hall–Kier alpha value is -2.91. The topological polar surface area (TPSA) is 34.9 Å². The summed E-state index contributed by atoms with van der Waals surface area (Å²) in [4.78, 5) is 17.8. The number of aromatic nitrogens is 2. The summed E-state index contributed by atoms with van der Waals surface area (Å²) in [5.41, 5.74) is 3.76. The van der Waals surface area contributed by atoms with Gasteiger partial charge >= 0.3 is 0 Å². The zero-order valence-electron chi connectivity index (χ0n) is 17.6. The number of benzene rings is 2. The fourth-order valence-electron chi connectivity index (χ4n) is 4.02. The molecule has 0 N–H and O–H groups in total. The van der Waals surface area contributed by atoms with E-state index in [4.69, 9.17) is 11.6 Å². The molecule has 0 radical (unpaired) electrons. The van der Waals surface area contributed by atoms with Crippen molar-refractivity contribution < 1.29 is 0 Å². The molecule has 0 saturated heterocycles. The molecule has 4 heteroatoms. The summed E-state index contributed by atoms with van der Waals surface area (Å²) in [6.07, 6.45) is 8.58. The molecule has 0 amide bonds. The van der Waals surface area contributed by atoms with Gasteiger partial charge in [-0.15, -0.1) is 0 Å². The standard InChI is InChI=1S/C27H27ClN2O/c28-24-16-14-22(15-17-24)25-20-23-13-9-18-29-26(23)30(27(25)31)19-8-3-1-2-5-10-21-11-6-4-7-12-21/h4,6-7,9,11-18,20H,1-3,5,8,10,19H2. The maximum atomic E-state index is 13.3. The van der Waals surface area contributed by atoms with Gasteiger partial charge in [0.05, 0.1) is 0 Å². The van der Waals surface area contributed by atoms with Crippen LogP contribution in [0, 0.1) is 0 Å². The first-order valence-corrected chi connectivity index (χ1v) is 11.4. The van der Waals surface area contributed by atoms with E-state index in [0.717, 1.165) is 35.9 Å². The maximum absolute atomic E-state index is 13.3. The molecule has 2 aromatic carbocycles. The molecule has 0 atom stereocenters. The van der Waals surface area contributed by atoms with E-state index >= 15 is 0 Å². The Bertz CT molecular complexity index is 1180. The van der Waals surface area contributed by atoms with Crippen molar-refractivity contribution in [2.75, 3.05) is 0 Å². The lowest BCUT2D eigenvalue weighted by Crippen LogP contribution is -2.23. The molecule has 2 heterocycles. The number of hydrogen-bond acceptors (Lipinski definition) is 2. The molecule has 2 aromatic heterocycles. The molecule has 0 aliphatic rings. The van der Waals surface area contributed by atoms with Gasteiger partial charge in [0.1, 0.15) is 5.65 Å². The molecule has 0 unspecified atom stereocenters. The lowest BCUT2D eigenvalue weighted by Gasteiger charge is -2.12. The SMILES string of the molecule is O=c1c(-c2ccc(Cl)cc2)cc2cccnc2n1CCCCCCCc1ccccc1. The molecule has 0 aliphatic heterocycles. The number of aryl methyl sites for hydroxylation is 2. The molecule has 31 heavy (non-hydrogen) atoms. The first-order valence-electron chi connectivity index (χ1n) is 11.0. The van der Waals surface area contributed by atoms with Crippen LogP contribution in [-0.4, -0.2) is 9.55 Å². The largest absolute Gasteiger partial charge is 0.292 e. The van der Waals surface area contributed by atoms with Gasteiger partial charge in [0.2, 0.25) is 0 Å². The molecule has 158 valence electrons. The van der Waals surface area contributed by atoms with Gasteiger partial charge in [-0.25, -0.2) is 4.98 Å². The average molecular weight is 431 g/mol. The highest BCUT2D eigenvalue weighted by Crippen LogP contribution is 2.22. The van der Waals surface area contributed by atoms with Crippen LogP contribution in [0.5, 0.6) is 0 Å². The normalized spacial score (nSPS) is 11.1. The van der Waals surface area contributed by atoms with Gasteiger partial charge in [0.15, 0.2) is 0 Å². The van der Waals surface area contributed by atoms with E-state index in [-0.39, 0.29) is 5.56 Å². The smallest absolute Gasteiger partial charge is 0.260 e. The van der Waals surface area contributed by atoms with Gasteiger partial charge in [-0.2, -0.15) is 0 Å². The molecule has 0 spiro atoms. The second-order valence-electron chi connectivity index (χ2n) is 7.94. The maximum Gasteiger partial charge on any atom is 0.260 e. The predicted octanol–water partition coefficient (Wildman–Crippen LogP) is 6.91. The number of nitrogens with zero attached hydrogens (tertiary/aromatic N) is 2. The van der Waals surface area contributed by atoms with Crippen LogP contribution in [0.25, 0.3) is 22.2 Å². The minimum atomic E-state index is 0.0117. The molecule has 0 aliphatic carbocycles. The Morgan fingerprint density at radius 3 is 2.35 bits per heavy atom. The third-order valence-corrected chi connectivity index (χ3v) is 5.95. The zero-order valence-corrected chi connectivity index (χ0v) is 18.4. The van der Waals surface area contributed by atoms with E-state index in [1.54, 1.807) is 6.20 Å². The van der Waals surface area contributed by atoms with Crippen LogP contribution >= 0.6 is 11.6 Å². The van der Waals surface area contributed by atoms with E-state index in [1.807, 2.05) is 47.0 Å². The van der Waals surface area contributed by atoms with Crippen molar-refractivity contribution in [3.05, 3.63) is 99.9 Å². The molecular formula is C27H27ClN2O. The second kappa shape index (κ2) is 10.4. The van der Waals surface area contributed by atoms with Crippen LogP contribution in [0.3, 0.4) is 0 Å². The highest BCUT2D eigenvalue weighted by Gasteiger charge is 2.11. The molecule has 4 rings (SSSR count). The van der Waals surface area contributed by atoms with Gasteiger partial charge in [0, 0.05) is 28.7 Å². The Kier molecular flexibility index (Phi) is 7.16. The second-order valence-corrected chi connectivity index (χ2v) is 8.38. The monoisotopic (exact) mass is 430 g/mol. The summed E-state index contributed by atoms with van der Waals surface area (Å²) in [5.74, 6) is 0. The third-order valence-electron chi connectivity index (χ3n) is 5.69. The number of hydrogen-bond donors (Lipinski definition) is 0. The van der Waals surface area contributed by atoms with Gasteiger partial charge in [0.25, 0.3) is 5.56 Å². The molecular weight excluding hydrogens is 404 g/mol. The molecule has 0 fully saturated rings. The van der Waals surface area contributed by atoms with E-state index in [9.17, 15) is 4.79 Å². The van der Waals surface area contributed by atoms with Crippen molar-refractivity contribution >= 4 is 22.6 Å². The fourth-order valence-corrected chi connectivity index (χ4v) is 4.15. The summed E-state index contributed by atoms with van der Waals surface area (Å²) in [6, 6.07) is 24.0. The first-order chi connectivity index (χ1) is 15.2. The van der Waals surface area contributed by atoms with Crippen molar-refractivity contribution in [1.82, 2.24) is 9.55 Å². The molecule has 3 nitrogen and oxygen atoms in total. The first kappa shape index (κ1) is 21.3. The van der Waals surface area contributed by atoms with Crippen LogP contribution in [-0.2, 0) is 13.0 Å². The van der Waals surface area contributed by atoms with Crippen molar-refractivity contribution in [2.45, 2.75) is 45.1 Å². The van der Waals surface area contributed by atoms with Crippen LogP contribution in [0.2, 0.25) is 5.02 Å². The number of pyridine rings is 2. The van der Waals surface area contributed by atoms with E-state index in [2.05, 4.69) is 35.3 Å². The fraction of sp³-hybridized carbons (Fsp3) is 0.259. The summed E-state index contributed by atoms with van der Waals surface area (Å²) in [6.45, 7) is 0.687. The van der Waals surface area contributed by atoms with Gasteiger partial charge in [-0.05, 0) is 60.7 Å². The Morgan fingerprint density at radius 2 is 1.55 bits per heavy atom. The third kappa shape index (κ3) is 5.42. The molecule has 0 bridgehead atoms. The minimum Gasteiger partial charge on any atom is -0.292 e. The van der Waals surface area contributed by atoms with E-state index in [0.29, 0.717) is 17.1 Å². The Balaban J connectivity index is 1.41. The van der Waals surface area contributed by atoms with E-state index in [1.165, 1.54) is 24.8 Å². The highest BCUT2D eigenvalue weighted by atomic mass is 35.5. The van der Waals surface area contributed by atoms with Gasteiger partial charge in [-0.1, -0.05) is 73.3 Å². The summed E-state index contributed by atoms with van der Waals surface area (Å²) >= 11 is 6.03. The zero-order chi connectivity index (χ0) is 21.5. The van der Waals surface area contributed by atoms with Crippen LogP contribution in [0.15, 0.2) is 83.8 Å². The summed E-state index contributed by atoms with van der Waals surface area (Å²) in [5, 5.41) is 1.65. The van der Waals surface area contributed by atoms with Gasteiger partial charge < -0.3 is 0 Å². The summed E-state index contributed by atoms with van der Waals surface area (Å²) in [7, 11) is 0. The van der Waals surface area contributed by atoms with Crippen molar-refractivity contribution in [3.63, 3.8) is 0 Å². The average Bonchev–Trinajstić information content (AvgIpc) is 2.81. The van der Waals surface area contributed by atoms with Crippen molar-refractivity contribution in [1.29, 1.82) is 0 Å². The lowest BCUT2D eigenvalue weighted by molar-refractivity contribution is 0.559. The Morgan fingerprint density at radius 1 is 0.806 bits per heavy atom. The molecule has 4 aromatic rings. The van der Waals surface area contributed by atoms with Crippen molar-refractivity contribution in [3.8, 4) is 11.1 Å². The minimum absolute atomic E-state index is 0.0117. The number of fused-ring (bicyclic) bond motifs is 1. The number of rotatable bonds is 9. The van der Waals surface area contributed by atoms with Crippen LogP contribution in [0.1, 0.15) is 37.7 Å². The number of halogens is 1. The van der Waals surface area contributed by atoms with Crippen LogP contribution in [0.4, 0.5) is 0 Å². The summed E-state index contributed by atoms with van der Waals surface area (Å²) < 4.78 is 1.84. The van der Waals surface area contributed by atoms with Gasteiger partial charge in [-0.3, -0.25) is 9.36 Å².